The number of hydrogen-bond acceptors (Lipinski definition) is 4. The molecular formula is C14H18N2O2. The van der Waals surface area contributed by atoms with Gasteiger partial charge in [-0.25, -0.2) is 0 Å². The van der Waals surface area contributed by atoms with E-state index in [-0.39, 0.29) is 5.43 Å². The minimum atomic E-state index is -0.592. The second kappa shape index (κ2) is 5.80. The van der Waals surface area contributed by atoms with Gasteiger partial charge in [-0.15, -0.1) is 0 Å². The van der Waals surface area contributed by atoms with E-state index in [1.165, 1.54) is 6.08 Å². The van der Waals surface area contributed by atoms with E-state index in [1.54, 1.807) is 12.1 Å². The van der Waals surface area contributed by atoms with E-state index in [0.717, 1.165) is 31.9 Å². The molecule has 1 N–H and O–H groups in total. The van der Waals surface area contributed by atoms with Gasteiger partial charge in [0.2, 0.25) is 5.43 Å². The molecule has 2 rings (SSSR count). The van der Waals surface area contributed by atoms with Crippen LogP contribution in [0.1, 0.15) is 0 Å². The molecule has 1 fully saturated rings. The normalized spacial score (nSPS) is 18.4. The standard InChI is InChI=1S/C14H18N2O2/c1-2-14(18)16-10-8-15(9-11-16)12-6-4-3-5-7-13(12)17/h2-7,14,18H,1,8-11H2. The van der Waals surface area contributed by atoms with Crippen LogP contribution < -0.4 is 10.3 Å². The summed E-state index contributed by atoms with van der Waals surface area (Å²) in [5.74, 6) is 0. The van der Waals surface area contributed by atoms with Crippen LogP contribution in [0.15, 0.2) is 47.8 Å². The van der Waals surface area contributed by atoms with Crippen LogP contribution in [0, 0.1) is 0 Å². The molecule has 1 aliphatic rings. The zero-order valence-corrected chi connectivity index (χ0v) is 10.3. The van der Waals surface area contributed by atoms with E-state index in [1.807, 2.05) is 23.1 Å². The van der Waals surface area contributed by atoms with E-state index in [0.29, 0.717) is 0 Å². The van der Waals surface area contributed by atoms with Gasteiger partial charge >= 0.3 is 0 Å². The lowest BCUT2D eigenvalue weighted by molar-refractivity contribution is 0.0380. The van der Waals surface area contributed by atoms with Gasteiger partial charge in [-0.3, -0.25) is 9.69 Å². The molecule has 0 radical (unpaired) electrons. The molecular weight excluding hydrogens is 228 g/mol. The van der Waals surface area contributed by atoms with Crippen LogP contribution in [0.3, 0.4) is 0 Å². The topological polar surface area (TPSA) is 43.8 Å². The monoisotopic (exact) mass is 246 g/mol. The molecule has 96 valence electrons. The highest BCUT2D eigenvalue weighted by atomic mass is 16.3. The molecule has 1 aromatic carbocycles. The first-order valence-electron chi connectivity index (χ1n) is 6.11. The summed E-state index contributed by atoms with van der Waals surface area (Å²) in [5.41, 5.74) is 0.769. The van der Waals surface area contributed by atoms with E-state index in [9.17, 15) is 9.90 Å². The summed E-state index contributed by atoms with van der Waals surface area (Å²) in [6.07, 6.45) is 0.933. The Morgan fingerprint density at radius 3 is 2.50 bits per heavy atom. The van der Waals surface area contributed by atoms with E-state index >= 15 is 0 Å². The number of rotatable bonds is 3. The predicted molar refractivity (Wildman–Crippen MR) is 72.7 cm³/mol. The van der Waals surface area contributed by atoms with Crippen molar-refractivity contribution in [2.45, 2.75) is 6.23 Å². The molecule has 1 atom stereocenters. The van der Waals surface area contributed by atoms with E-state index in [2.05, 4.69) is 11.5 Å². The second-order valence-electron chi connectivity index (χ2n) is 4.33. The van der Waals surface area contributed by atoms with Crippen molar-refractivity contribution < 1.29 is 5.11 Å². The van der Waals surface area contributed by atoms with Gasteiger partial charge in [0, 0.05) is 26.2 Å². The Bertz CT molecular complexity index is 467. The first-order chi connectivity index (χ1) is 8.72. The third-order valence-corrected chi connectivity index (χ3v) is 3.22. The minimum absolute atomic E-state index is 0.0396. The quantitative estimate of drug-likeness (QED) is 0.796. The largest absolute Gasteiger partial charge is 0.375 e. The van der Waals surface area contributed by atoms with Crippen molar-refractivity contribution in [1.82, 2.24) is 4.90 Å². The molecule has 1 aromatic rings. The van der Waals surface area contributed by atoms with Gasteiger partial charge in [0.15, 0.2) is 0 Å². The third kappa shape index (κ3) is 2.78. The van der Waals surface area contributed by atoms with E-state index in [4.69, 9.17) is 0 Å². The van der Waals surface area contributed by atoms with Crippen LogP contribution in [0.5, 0.6) is 0 Å². The number of aliphatic hydroxyl groups is 1. The lowest BCUT2D eigenvalue weighted by atomic mass is 10.2. The summed E-state index contributed by atoms with van der Waals surface area (Å²) in [4.78, 5) is 15.9. The van der Waals surface area contributed by atoms with Gasteiger partial charge in [0.05, 0.1) is 5.69 Å². The SMILES string of the molecule is C=CC(O)N1CCN(c2cccccc2=O)CC1. The molecule has 0 amide bonds. The zero-order chi connectivity index (χ0) is 13.0. The molecule has 1 saturated heterocycles. The van der Waals surface area contributed by atoms with Crippen LogP contribution in [0.25, 0.3) is 0 Å². The smallest absolute Gasteiger partial charge is 0.201 e. The summed E-state index contributed by atoms with van der Waals surface area (Å²) in [7, 11) is 0. The maximum atomic E-state index is 11.9. The fraction of sp³-hybridized carbons (Fsp3) is 0.357. The lowest BCUT2D eigenvalue weighted by Crippen LogP contribution is -2.50. The molecule has 1 unspecified atom stereocenters. The van der Waals surface area contributed by atoms with Crippen molar-refractivity contribution in [3.05, 3.63) is 53.2 Å². The summed E-state index contributed by atoms with van der Waals surface area (Å²) in [6.45, 7) is 6.52. The van der Waals surface area contributed by atoms with Crippen molar-refractivity contribution >= 4 is 5.69 Å². The molecule has 0 spiro atoms. The van der Waals surface area contributed by atoms with E-state index < -0.39 is 6.23 Å². The number of anilines is 1. The Balaban J connectivity index is 2.08. The van der Waals surface area contributed by atoms with Crippen LogP contribution >= 0.6 is 0 Å². The Hall–Kier alpha value is -1.65. The summed E-state index contributed by atoms with van der Waals surface area (Å²) in [5, 5.41) is 9.66. The Kier molecular flexibility index (Phi) is 4.12. The van der Waals surface area contributed by atoms with Gasteiger partial charge in [0.1, 0.15) is 6.23 Å². The fourth-order valence-electron chi connectivity index (χ4n) is 2.16. The molecule has 1 heterocycles. The highest BCUT2D eigenvalue weighted by molar-refractivity contribution is 5.45. The molecule has 1 aliphatic heterocycles. The molecule has 0 saturated carbocycles. The van der Waals surface area contributed by atoms with Crippen molar-refractivity contribution in [3.8, 4) is 0 Å². The zero-order valence-electron chi connectivity index (χ0n) is 10.3. The summed E-state index contributed by atoms with van der Waals surface area (Å²) < 4.78 is 0. The average Bonchev–Trinajstić information content (AvgIpc) is 2.63. The summed E-state index contributed by atoms with van der Waals surface area (Å²) in [6, 6.07) is 8.91. The van der Waals surface area contributed by atoms with Crippen LogP contribution in [0.2, 0.25) is 0 Å². The van der Waals surface area contributed by atoms with Gasteiger partial charge in [-0.05, 0) is 18.2 Å². The maximum Gasteiger partial charge on any atom is 0.201 e. The second-order valence-corrected chi connectivity index (χ2v) is 4.33. The fourth-order valence-corrected chi connectivity index (χ4v) is 2.16. The first kappa shape index (κ1) is 12.8. The van der Waals surface area contributed by atoms with Crippen molar-refractivity contribution in [2.75, 3.05) is 31.1 Å². The predicted octanol–water partition coefficient (Wildman–Crippen LogP) is 0.673. The minimum Gasteiger partial charge on any atom is -0.375 e. The Morgan fingerprint density at radius 2 is 1.83 bits per heavy atom. The lowest BCUT2D eigenvalue weighted by Gasteiger charge is -2.37. The van der Waals surface area contributed by atoms with Crippen LogP contribution in [-0.4, -0.2) is 42.4 Å². The highest BCUT2D eigenvalue weighted by Gasteiger charge is 2.21. The number of hydrogen-bond donors (Lipinski definition) is 1. The first-order valence-corrected chi connectivity index (χ1v) is 6.11. The Morgan fingerprint density at radius 1 is 1.17 bits per heavy atom. The maximum absolute atomic E-state index is 11.9. The third-order valence-electron chi connectivity index (χ3n) is 3.22. The van der Waals surface area contributed by atoms with Crippen molar-refractivity contribution in [2.24, 2.45) is 0 Å². The van der Waals surface area contributed by atoms with Crippen molar-refractivity contribution in [3.63, 3.8) is 0 Å². The van der Waals surface area contributed by atoms with Crippen molar-refractivity contribution in [1.29, 1.82) is 0 Å². The number of piperazine rings is 1. The van der Waals surface area contributed by atoms with Crippen LogP contribution in [-0.2, 0) is 0 Å². The van der Waals surface area contributed by atoms with Gasteiger partial charge in [-0.2, -0.15) is 0 Å². The molecule has 4 heteroatoms. The molecule has 0 bridgehead atoms. The van der Waals surface area contributed by atoms with Gasteiger partial charge < -0.3 is 10.0 Å². The molecule has 18 heavy (non-hydrogen) atoms. The Labute approximate surface area is 107 Å². The van der Waals surface area contributed by atoms with Gasteiger partial charge in [0.25, 0.3) is 0 Å². The molecule has 0 aromatic heterocycles. The van der Waals surface area contributed by atoms with Gasteiger partial charge in [-0.1, -0.05) is 24.8 Å². The van der Waals surface area contributed by atoms with Crippen LogP contribution in [0.4, 0.5) is 5.69 Å². The molecule has 0 aliphatic carbocycles. The highest BCUT2D eigenvalue weighted by Crippen LogP contribution is 2.12. The number of nitrogens with zero attached hydrogens (tertiary/aromatic N) is 2. The number of aliphatic hydroxyl groups excluding tert-OH is 1. The molecule has 4 nitrogen and oxygen atoms in total. The summed E-state index contributed by atoms with van der Waals surface area (Å²) >= 11 is 0. The average molecular weight is 246 g/mol.